The Bertz CT molecular complexity index is 670. The fraction of sp³-hybridized carbons (Fsp3) is 0.389. The largest absolute Gasteiger partial charge is 1.00 e. The minimum absolute atomic E-state index is 0. The monoisotopic (exact) mass is 390 g/mol. The number of aliphatic imine (C=N–C) groups is 1. The summed E-state index contributed by atoms with van der Waals surface area (Å²) in [5.41, 5.74) is 1.53. The van der Waals surface area contributed by atoms with Gasteiger partial charge in [-0.3, -0.25) is 9.59 Å². The molecule has 1 unspecified atom stereocenters. The average molecular weight is 391 g/mol. The van der Waals surface area contributed by atoms with Gasteiger partial charge in [0.1, 0.15) is 25.3 Å². The summed E-state index contributed by atoms with van der Waals surface area (Å²) >= 11 is 0. The molecule has 6 heteroatoms. The molecule has 1 aliphatic carbocycles. The van der Waals surface area contributed by atoms with Gasteiger partial charge in [-0.1, -0.05) is 36.8 Å². The fourth-order valence-corrected chi connectivity index (χ4v) is 3.14. The molecule has 0 bridgehead atoms. The van der Waals surface area contributed by atoms with Gasteiger partial charge in [-0.15, -0.1) is 0 Å². The molecule has 24 heavy (non-hydrogen) atoms. The summed E-state index contributed by atoms with van der Waals surface area (Å²) in [5, 5.41) is 0. The first-order chi connectivity index (χ1) is 11.2. The van der Waals surface area contributed by atoms with Crippen molar-refractivity contribution in [3.63, 3.8) is 0 Å². The van der Waals surface area contributed by atoms with Crippen molar-refractivity contribution in [1.29, 1.82) is 0 Å². The second-order valence-corrected chi connectivity index (χ2v) is 5.75. The molecule has 0 saturated heterocycles. The van der Waals surface area contributed by atoms with E-state index in [0.29, 0.717) is 11.4 Å². The third kappa shape index (κ3) is 3.71. The molecule has 5 nitrogen and oxygen atoms in total. The van der Waals surface area contributed by atoms with Crippen LogP contribution in [0.25, 0.3) is 0 Å². The minimum Gasteiger partial charge on any atom is -1.00 e. The van der Waals surface area contributed by atoms with E-state index in [1.165, 1.54) is 0 Å². The number of rotatable bonds is 5. The first kappa shape index (κ1) is 18.3. The molecule has 1 aliphatic heterocycles. The zero-order valence-corrected chi connectivity index (χ0v) is 15.1. The van der Waals surface area contributed by atoms with Crippen LogP contribution in [-0.4, -0.2) is 42.5 Å². The number of nitrogens with zero attached hydrogens (tertiary/aromatic N) is 2. The predicted octanol–water partition coefficient (Wildman–Crippen LogP) is -0.536. The lowest BCUT2D eigenvalue weighted by molar-refractivity contribution is -0.115. The van der Waals surface area contributed by atoms with E-state index in [1.54, 1.807) is 36.3 Å². The van der Waals surface area contributed by atoms with Crippen molar-refractivity contribution in [2.75, 3.05) is 13.7 Å². The summed E-state index contributed by atoms with van der Waals surface area (Å²) < 4.78 is 5.30. The van der Waals surface area contributed by atoms with Crippen LogP contribution in [0, 0.1) is 0 Å². The number of carbonyl (C=O) groups excluding carboxylic acids is 2. The van der Waals surface area contributed by atoms with Crippen LogP contribution in [0.4, 0.5) is 0 Å². The zero-order valence-electron chi connectivity index (χ0n) is 13.5. The van der Waals surface area contributed by atoms with E-state index in [4.69, 9.17) is 4.74 Å². The molecule has 2 aliphatic rings. The van der Waals surface area contributed by atoms with Crippen LogP contribution in [-0.2, 0) is 9.53 Å². The van der Waals surface area contributed by atoms with Crippen LogP contribution in [0.2, 0.25) is 0 Å². The Morgan fingerprint density at radius 2 is 2.04 bits per heavy atom. The number of hydrogen-bond acceptors (Lipinski definition) is 5. The van der Waals surface area contributed by atoms with Crippen molar-refractivity contribution in [3.8, 4) is 0 Å². The Hall–Kier alpha value is -2.04. The van der Waals surface area contributed by atoms with Gasteiger partial charge in [0.25, 0.3) is 0 Å². The molecular weight excluding hydrogens is 372 g/mol. The predicted molar refractivity (Wildman–Crippen MR) is 86.2 cm³/mol. The highest BCUT2D eigenvalue weighted by atomic mass is 79.9. The van der Waals surface area contributed by atoms with Crippen LogP contribution < -0.4 is 17.0 Å². The highest BCUT2D eigenvalue weighted by molar-refractivity contribution is 6.44. The van der Waals surface area contributed by atoms with Crippen molar-refractivity contribution in [2.45, 2.75) is 31.7 Å². The van der Waals surface area contributed by atoms with Gasteiger partial charge in [0.05, 0.1) is 4.99 Å². The number of ketones is 2. The molecule has 1 aromatic rings. The minimum atomic E-state index is -0.466. The third-order valence-electron chi connectivity index (χ3n) is 4.30. The van der Waals surface area contributed by atoms with Crippen molar-refractivity contribution < 1.29 is 31.3 Å². The van der Waals surface area contributed by atoms with E-state index in [2.05, 4.69) is 11.3 Å². The molecular formula is C18H19BrN2O3. The Kier molecular flexibility index (Phi) is 6.23. The Morgan fingerprint density at radius 1 is 1.29 bits per heavy atom. The van der Waals surface area contributed by atoms with Crippen molar-refractivity contribution in [1.82, 2.24) is 4.90 Å². The van der Waals surface area contributed by atoms with Crippen molar-refractivity contribution in [3.05, 3.63) is 47.4 Å². The normalized spacial score (nSPS) is 19.0. The van der Waals surface area contributed by atoms with Gasteiger partial charge in [0, 0.05) is 5.56 Å². The lowest BCUT2D eigenvalue weighted by atomic mass is 9.88. The van der Waals surface area contributed by atoms with Gasteiger partial charge in [0.2, 0.25) is 11.6 Å². The smallest absolute Gasteiger partial charge is 0.366 e. The maximum Gasteiger partial charge on any atom is 0.366 e. The lowest BCUT2D eigenvalue weighted by Crippen LogP contribution is -3.00. The number of halogens is 1. The van der Waals surface area contributed by atoms with Gasteiger partial charge in [0.15, 0.2) is 0 Å². The number of benzene rings is 1. The summed E-state index contributed by atoms with van der Waals surface area (Å²) in [5.74, 6) is -0.302. The molecule has 0 amide bonds. The number of Topliss-reactive ketones (excluding diaryl/α,β-unsaturated/α-hetero) is 2. The SMILES string of the molecule is COC1=C2CCCCC2N(CC(=O)C(=O)c2ccccc2)[C+]=N1.[Br-]. The lowest BCUT2D eigenvalue weighted by Gasteiger charge is -2.29. The number of fused-ring (bicyclic) bond motifs is 1. The summed E-state index contributed by atoms with van der Waals surface area (Å²) in [6.07, 6.45) is 6.88. The van der Waals surface area contributed by atoms with Crippen LogP contribution >= 0.6 is 0 Å². The third-order valence-corrected chi connectivity index (χ3v) is 4.30. The molecule has 1 saturated carbocycles. The van der Waals surface area contributed by atoms with Crippen LogP contribution in [0.3, 0.4) is 0 Å². The highest BCUT2D eigenvalue weighted by Gasteiger charge is 2.39. The van der Waals surface area contributed by atoms with E-state index in [-0.39, 0.29) is 29.6 Å². The van der Waals surface area contributed by atoms with E-state index >= 15 is 0 Å². The average Bonchev–Trinajstić information content (AvgIpc) is 2.62. The molecule has 1 aromatic carbocycles. The molecule has 0 aromatic heterocycles. The fourth-order valence-electron chi connectivity index (χ4n) is 3.14. The van der Waals surface area contributed by atoms with E-state index < -0.39 is 11.6 Å². The Balaban J connectivity index is 0.00000208. The molecule has 0 N–H and O–H groups in total. The number of hydrogen-bond donors (Lipinski definition) is 0. The summed E-state index contributed by atoms with van der Waals surface area (Å²) in [6, 6.07) is 8.69. The summed E-state index contributed by atoms with van der Waals surface area (Å²) in [6.45, 7) is 0.00237. The second-order valence-electron chi connectivity index (χ2n) is 5.75. The molecule has 3 rings (SSSR count). The van der Waals surface area contributed by atoms with Gasteiger partial charge in [-0.2, -0.15) is 0 Å². The number of ether oxygens (including phenoxy) is 1. The number of methoxy groups -OCH3 is 1. The van der Waals surface area contributed by atoms with Gasteiger partial charge >= 0.3 is 12.2 Å². The maximum atomic E-state index is 12.3. The molecule has 1 heterocycles. The maximum absolute atomic E-state index is 12.3. The van der Waals surface area contributed by atoms with Gasteiger partial charge < -0.3 is 21.7 Å². The van der Waals surface area contributed by atoms with Gasteiger partial charge in [-0.05, 0) is 19.3 Å². The standard InChI is InChI=1S/C18H19N2O3.BrH/c1-23-18-14-9-5-6-10-15(14)20(12-19-18)11-16(21)17(22)13-7-3-2-4-8-13;/h2-4,7-8,15H,5-6,9-11H2,1H3;1H/q+1;/p-1. The first-order valence-electron chi connectivity index (χ1n) is 7.83. The molecule has 0 radical (unpaired) electrons. The van der Waals surface area contributed by atoms with Crippen molar-refractivity contribution in [2.24, 2.45) is 4.99 Å². The summed E-state index contributed by atoms with van der Waals surface area (Å²) in [4.78, 5) is 30.5. The molecule has 126 valence electrons. The second kappa shape index (κ2) is 8.18. The summed E-state index contributed by atoms with van der Waals surface area (Å²) in [7, 11) is 1.60. The first-order valence-corrected chi connectivity index (χ1v) is 7.83. The van der Waals surface area contributed by atoms with Crippen molar-refractivity contribution >= 4 is 17.9 Å². The quantitative estimate of drug-likeness (QED) is 0.385. The van der Waals surface area contributed by atoms with Crippen LogP contribution in [0.5, 0.6) is 0 Å². The molecule has 1 fully saturated rings. The zero-order chi connectivity index (χ0) is 16.2. The molecule has 1 atom stereocenters. The van der Waals surface area contributed by atoms with E-state index in [0.717, 1.165) is 31.3 Å². The Labute approximate surface area is 152 Å². The van der Waals surface area contributed by atoms with E-state index in [1.807, 2.05) is 6.07 Å². The number of carbonyl (C=O) groups is 2. The molecule has 0 spiro atoms. The van der Waals surface area contributed by atoms with Crippen LogP contribution in [0.1, 0.15) is 36.0 Å². The van der Waals surface area contributed by atoms with E-state index in [9.17, 15) is 9.59 Å². The topological polar surface area (TPSA) is 59.0 Å². The highest BCUT2D eigenvalue weighted by Crippen LogP contribution is 2.32. The Morgan fingerprint density at radius 3 is 2.75 bits per heavy atom. The van der Waals surface area contributed by atoms with Gasteiger partial charge in [-0.25, -0.2) is 4.90 Å². The van der Waals surface area contributed by atoms with Crippen LogP contribution in [0.15, 0.2) is 46.8 Å².